The first-order chi connectivity index (χ1) is 11.7. The molecular weight excluding hydrogens is 306 g/mol. The first-order valence-electron chi connectivity index (χ1n) is 8.41. The average Bonchev–Trinajstić information content (AvgIpc) is 3.05. The molecular formula is C18H23N3O3. The Labute approximate surface area is 141 Å². The summed E-state index contributed by atoms with van der Waals surface area (Å²) in [7, 11) is 0. The summed E-state index contributed by atoms with van der Waals surface area (Å²) in [5.74, 6) is 0.658. The number of amides is 2. The molecule has 0 aromatic heterocycles. The Morgan fingerprint density at radius 2 is 2.08 bits per heavy atom. The molecule has 0 bridgehead atoms. The molecule has 0 atom stereocenters. The molecule has 2 aliphatic heterocycles. The van der Waals surface area contributed by atoms with Crippen LogP contribution in [0.3, 0.4) is 0 Å². The van der Waals surface area contributed by atoms with E-state index in [1.165, 1.54) is 5.57 Å². The van der Waals surface area contributed by atoms with Crippen LogP contribution in [-0.2, 0) is 9.59 Å². The second-order valence-corrected chi connectivity index (χ2v) is 6.02. The molecule has 1 saturated heterocycles. The van der Waals surface area contributed by atoms with Crippen molar-refractivity contribution in [3.63, 3.8) is 0 Å². The first-order valence-corrected chi connectivity index (χ1v) is 8.41. The Morgan fingerprint density at radius 3 is 2.75 bits per heavy atom. The Morgan fingerprint density at radius 1 is 1.25 bits per heavy atom. The van der Waals surface area contributed by atoms with E-state index in [-0.39, 0.29) is 18.4 Å². The Hall–Kier alpha value is -2.34. The highest BCUT2D eigenvalue weighted by molar-refractivity contribution is 5.95. The summed E-state index contributed by atoms with van der Waals surface area (Å²) in [6, 6.07) is 7.31. The van der Waals surface area contributed by atoms with Crippen molar-refractivity contribution in [2.45, 2.75) is 19.3 Å². The highest BCUT2D eigenvalue weighted by atomic mass is 16.5. The minimum Gasteiger partial charge on any atom is -0.484 e. The van der Waals surface area contributed by atoms with E-state index < -0.39 is 0 Å². The van der Waals surface area contributed by atoms with E-state index in [2.05, 4.69) is 16.7 Å². The third kappa shape index (κ3) is 4.35. The molecule has 24 heavy (non-hydrogen) atoms. The van der Waals surface area contributed by atoms with E-state index in [0.29, 0.717) is 18.7 Å². The van der Waals surface area contributed by atoms with E-state index in [4.69, 9.17) is 4.74 Å². The molecule has 3 rings (SSSR count). The summed E-state index contributed by atoms with van der Waals surface area (Å²) in [6.45, 7) is 3.18. The normalized spacial score (nSPS) is 17.6. The molecule has 0 radical (unpaired) electrons. The van der Waals surface area contributed by atoms with Gasteiger partial charge in [-0.25, -0.2) is 0 Å². The molecule has 6 nitrogen and oxygen atoms in total. The number of rotatable bonds is 6. The van der Waals surface area contributed by atoms with Crippen LogP contribution in [0.1, 0.15) is 19.3 Å². The lowest BCUT2D eigenvalue weighted by atomic mass is 10.1. The standard InChI is InChI=1S/C18H23N3O3/c22-17(20-12-14-7-9-19-10-8-14)13-24-16-5-3-15(4-6-16)21-11-1-2-18(21)23/h3-7,19H,1-2,8-13H2,(H,20,22). The van der Waals surface area contributed by atoms with Crippen LogP contribution in [0.4, 0.5) is 5.69 Å². The van der Waals surface area contributed by atoms with E-state index in [1.54, 1.807) is 17.0 Å². The van der Waals surface area contributed by atoms with Gasteiger partial charge < -0.3 is 20.3 Å². The van der Waals surface area contributed by atoms with Gasteiger partial charge in [-0.15, -0.1) is 0 Å². The number of nitrogens with one attached hydrogen (secondary N) is 2. The third-order valence-corrected chi connectivity index (χ3v) is 4.26. The number of anilines is 1. The van der Waals surface area contributed by atoms with Crippen molar-refractivity contribution in [1.82, 2.24) is 10.6 Å². The third-order valence-electron chi connectivity index (χ3n) is 4.26. The Bertz CT molecular complexity index is 625. The molecule has 128 valence electrons. The molecule has 2 aliphatic rings. The average molecular weight is 329 g/mol. The molecule has 2 N–H and O–H groups in total. The summed E-state index contributed by atoms with van der Waals surface area (Å²) >= 11 is 0. The quantitative estimate of drug-likeness (QED) is 0.770. The van der Waals surface area contributed by atoms with Crippen molar-refractivity contribution in [2.24, 2.45) is 0 Å². The van der Waals surface area contributed by atoms with Crippen LogP contribution in [0.2, 0.25) is 0 Å². The van der Waals surface area contributed by atoms with Crippen LogP contribution in [0.5, 0.6) is 5.75 Å². The number of hydrogen-bond donors (Lipinski definition) is 2. The van der Waals surface area contributed by atoms with Gasteiger partial charge in [0.1, 0.15) is 5.75 Å². The van der Waals surface area contributed by atoms with E-state index >= 15 is 0 Å². The zero-order valence-corrected chi connectivity index (χ0v) is 13.7. The lowest BCUT2D eigenvalue weighted by molar-refractivity contribution is -0.123. The smallest absolute Gasteiger partial charge is 0.258 e. The van der Waals surface area contributed by atoms with Crippen LogP contribution < -0.4 is 20.3 Å². The van der Waals surface area contributed by atoms with Gasteiger partial charge in [-0.1, -0.05) is 11.6 Å². The Kier molecular flexibility index (Phi) is 5.48. The zero-order chi connectivity index (χ0) is 16.8. The van der Waals surface area contributed by atoms with Crippen molar-refractivity contribution in [3.8, 4) is 5.75 Å². The number of hydrogen-bond acceptors (Lipinski definition) is 4. The molecule has 1 aromatic carbocycles. The van der Waals surface area contributed by atoms with E-state index in [9.17, 15) is 9.59 Å². The molecule has 0 aliphatic carbocycles. The molecule has 1 aromatic rings. The van der Waals surface area contributed by atoms with Crippen LogP contribution in [0.15, 0.2) is 35.9 Å². The van der Waals surface area contributed by atoms with Gasteiger partial charge in [0.25, 0.3) is 5.91 Å². The van der Waals surface area contributed by atoms with Crippen LogP contribution in [0.25, 0.3) is 0 Å². The largest absolute Gasteiger partial charge is 0.484 e. The molecule has 0 spiro atoms. The number of carbonyl (C=O) groups excluding carboxylic acids is 2. The van der Waals surface area contributed by atoms with Gasteiger partial charge in [0.2, 0.25) is 5.91 Å². The van der Waals surface area contributed by atoms with Gasteiger partial charge in [0.05, 0.1) is 0 Å². The van der Waals surface area contributed by atoms with Crippen LogP contribution >= 0.6 is 0 Å². The summed E-state index contributed by atoms with van der Waals surface area (Å²) < 4.78 is 5.50. The highest BCUT2D eigenvalue weighted by Crippen LogP contribution is 2.23. The van der Waals surface area contributed by atoms with Crippen molar-refractivity contribution >= 4 is 17.5 Å². The summed E-state index contributed by atoms with van der Waals surface area (Å²) in [6.07, 6.45) is 4.61. The summed E-state index contributed by atoms with van der Waals surface area (Å²) in [5, 5.41) is 6.11. The molecule has 0 saturated carbocycles. The number of benzene rings is 1. The van der Waals surface area contributed by atoms with E-state index in [0.717, 1.165) is 38.2 Å². The van der Waals surface area contributed by atoms with E-state index in [1.807, 2.05) is 12.1 Å². The van der Waals surface area contributed by atoms with Gasteiger partial charge in [-0.05, 0) is 43.7 Å². The molecule has 2 amide bonds. The van der Waals surface area contributed by atoms with Crippen molar-refractivity contribution < 1.29 is 14.3 Å². The maximum atomic E-state index is 11.8. The highest BCUT2D eigenvalue weighted by Gasteiger charge is 2.21. The van der Waals surface area contributed by atoms with Gasteiger partial charge in [-0.3, -0.25) is 9.59 Å². The second kappa shape index (κ2) is 7.97. The summed E-state index contributed by atoms with van der Waals surface area (Å²) in [4.78, 5) is 25.3. The fourth-order valence-electron chi connectivity index (χ4n) is 2.89. The van der Waals surface area contributed by atoms with Gasteiger partial charge >= 0.3 is 0 Å². The van der Waals surface area contributed by atoms with Gasteiger partial charge in [-0.2, -0.15) is 0 Å². The molecule has 0 unspecified atom stereocenters. The van der Waals surface area contributed by atoms with Crippen LogP contribution in [0, 0.1) is 0 Å². The lowest BCUT2D eigenvalue weighted by Crippen LogP contribution is -2.32. The zero-order valence-electron chi connectivity index (χ0n) is 13.7. The van der Waals surface area contributed by atoms with Crippen molar-refractivity contribution in [3.05, 3.63) is 35.9 Å². The van der Waals surface area contributed by atoms with Gasteiger partial charge in [0, 0.05) is 31.7 Å². The fourth-order valence-corrected chi connectivity index (χ4v) is 2.89. The Balaban J connectivity index is 1.43. The number of ether oxygens (including phenoxy) is 1. The fraction of sp³-hybridized carbons (Fsp3) is 0.444. The lowest BCUT2D eigenvalue weighted by Gasteiger charge is -2.16. The monoisotopic (exact) mass is 329 g/mol. The predicted molar refractivity (Wildman–Crippen MR) is 92.1 cm³/mol. The minimum atomic E-state index is -0.131. The predicted octanol–water partition coefficient (Wildman–Crippen LogP) is 1.23. The maximum Gasteiger partial charge on any atom is 0.258 e. The van der Waals surface area contributed by atoms with Crippen LogP contribution in [-0.4, -0.2) is 44.6 Å². The molecule has 2 heterocycles. The summed E-state index contributed by atoms with van der Waals surface area (Å²) in [5.41, 5.74) is 2.13. The molecule has 6 heteroatoms. The topological polar surface area (TPSA) is 70.7 Å². The van der Waals surface area contributed by atoms with Crippen molar-refractivity contribution in [2.75, 3.05) is 37.7 Å². The van der Waals surface area contributed by atoms with Gasteiger partial charge in [0.15, 0.2) is 6.61 Å². The SMILES string of the molecule is O=C(COc1ccc(N2CCCC2=O)cc1)NCC1=CCNCC1. The number of nitrogens with zero attached hydrogens (tertiary/aromatic N) is 1. The first kappa shape index (κ1) is 16.5. The van der Waals surface area contributed by atoms with Crippen molar-refractivity contribution in [1.29, 1.82) is 0 Å². The number of carbonyl (C=O) groups is 2. The maximum absolute atomic E-state index is 11.8. The second-order valence-electron chi connectivity index (χ2n) is 6.02. The minimum absolute atomic E-state index is 0.00643. The molecule has 1 fully saturated rings.